The Morgan fingerprint density at radius 1 is 0.808 bits per heavy atom. The van der Waals surface area contributed by atoms with Crippen LogP contribution in [0.25, 0.3) is 10.8 Å². The molecule has 2 aliphatic heterocycles. The van der Waals surface area contributed by atoms with Crippen molar-refractivity contribution >= 4 is 10.8 Å². The van der Waals surface area contributed by atoms with Crippen LogP contribution in [0, 0.1) is 0 Å². The van der Waals surface area contributed by atoms with Gasteiger partial charge in [-0.25, -0.2) is 0 Å². The summed E-state index contributed by atoms with van der Waals surface area (Å²) in [5.41, 5.74) is 0.290. The monoisotopic (exact) mass is 350 g/mol. The van der Waals surface area contributed by atoms with Crippen molar-refractivity contribution in [3.8, 4) is 17.2 Å². The predicted octanol–water partition coefficient (Wildman–Crippen LogP) is 2.09. The number of fused-ring (bicyclic) bond motifs is 4. The number of epoxide rings is 1. The first-order valence-electron chi connectivity index (χ1n) is 8.35. The second-order valence-electron chi connectivity index (χ2n) is 6.89. The van der Waals surface area contributed by atoms with Crippen LogP contribution >= 0.6 is 0 Å². The molecule has 130 valence electrons. The van der Waals surface area contributed by atoms with E-state index in [1.165, 1.54) is 6.07 Å². The highest BCUT2D eigenvalue weighted by molar-refractivity contribution is 5.94. The minimum absolute atomic E-state index is 0.0506. The zero-order chi connectivity index (χ0) is 17.7. The topological polar surface area (TPSA) is 91.7 Å². The van der Waals surface area contributed by atoms with Crippen molar-refractivity contribution in [3.63, 3.8) is 0 Å². The fraction of sp³-hybridized carbons (Fsp3) is 0.200. The molecule has 6 nitrogen and oxygen atoms in total. The van der Waals surface area contributed by atoms with Crippen molar-refractivity contribution in [2.24, 2.45) is 0 Å². The Morgan fingerprint density at radius 2 is 1.46 bits per heavy atom. The minimum atomic E-state index is -2.31. The Kier molecular flexibility index (Phi) is 2.37. The van der Waals surface area contributed by atoms with Crippen molar-refractivity contribution < 1.29 is 29.5 Å². The Morgan fingerprint density at radius 3 is 2.15 bits per heavy atom. The molecule has 6 rings (SSSR count). The first-order chi connectivity index (χ1) is 12.5. The van der Waals surface area contributed by atoms with Gasteiger partial charge in [-0.15, -0.1) is 0 Å². The summed E-state index contributed by atoms with van der Waals surface area (Å²) in [4.78, 5) is 0. The van der Waals surface area contributed by atoms with E-state index in [1.807, 2.05) is 36.4 Å². The van der Waals surface area contributed by atoms with Crippen LogP contribution in [-0.4, -0.2) is 27.5 Å². The number of aliphatic hydroxyl groups is 2. The maximum Gasteiger partial charge on any atom is 0.308 e. The van der Waals surface area contributed by atoms with Gasteiger partial charge in [0.05, 0.1) is 16.5 Å². The number of ether oxygens (including phenoxy) is 3. The van der Waals surface area contributed by atoms with Crippen molar-refractivity contribution in [2.75, 3.05) is 0 Å². The normalized spacial score (nSPS) is 25.8. The molecule has 6 heteroatoms. The molecule has 0 saturated carbocycles. The third-order valence-electron chi connectivity index (χ3n) is 5.40. The molecule has 0 amide bonds. The molecule has 3 N–H and O–H groups in total. The molecule has 0 radical (unpaired) electrons. The Hall–Kier alpha value is -2.80. The van der Waals surface area contributed by atoms with Gasteiger partial charge in [-0.2, -0.15) is 0 Å². The van der Waals surface area contributed by atoms with Gasteiger partial charge in [-0.3, -0.25) is 0 Å². The molecule has 2 atom stereocenters. The van der Waals surface area contributed by atoms with Crippen molar-refractivity contribution in [3.05, 3.63) is 65.7 Å². The minimum Gasteiger partial charge on any atom is -0.507 e. The SMILES string of the molecule is Oc1cccc2c1C(O)(O)[C@H]1O[C@H]1C21Oc2cccc3cccc(c23)O1. The molecule has 1 aliphatic carbocycles. The van der Waals surface area contributed by atoms with Crippen molar-refractivity contribution in [2.45, 2.75) is 23.8 Å². The highest BCUT2D eigenvalue weighted by Gasteiger charge is 2.74. The van der Waals surface area contributed by atoms with Gasteiger partial charge in [0.1, 0.15) is 17.2 Å². The van der Waals surface area contributed by atoms with Gasteiger partial charge in [-0.1, -0.05) is 36.4 Å². The Bertz CT molecular complexity index is 1050. The number of hydrogen-bond acceptors (Lipinski definition) is 6. The average Bonchev–Trinajstić information content (AvgIpc) is 3.43. The summed E-state index contributed by atoms with van der Waals surface area (Å²) in [6.45, 7) is 0. The molecule has 3 aromatic rings. The number of aromatic hydroxyl groups is 1. The van der Waals surface area contributed by atoms with Gasteiger partial charge in [0, 0.05) is 0 Å². The third kappa shape index (κ3) is 1.53. The lowest BCUT2D eigenvalue weighted by Crippen LogP contribution is -2.54. The lowest BCUT2D eigenvalue weighted by Gasteiger charge is -2.42. The lowest BCUT2D eigenvalue weighted by atomic mass is 9.81. The summed E-state index contributed by atoms with van der Waals surface area (Å²) in [6, 6.07) is 16.1. The Balaban J connectivity index is 1.64. The molecule has 3 aliphatic rings. The summed E-state index contributed by atoms with van der Waals surface area (Å²) in [5, 5.41) is 33.2. The van der Waals surface area contributed by atoms with Crippen molar-refractivity contribution in [1.29, 1.82) is 0 Å². The average molecular weight is 350 g/mol. The van der Waals surface area contributed by atoms with Gasteiger partial charge >= 0.3 is 5.79 Å². The van der Waals surface area contributed by atoms with E-state index < -0.39 is 23.8 Å². The number of benzene rings is 3. The molecule has 0 unspecified atom stereocenters. The van der Waals surface area contributed by atoms with Crippen molar-refractivity contribution in [1.82, 2.24) is 0 Å². The molecule has 1 saturated heterocycles. The number of hydrogen-bond donors (Lipinski definition) is 3. The predicted molar refractivity (Wildman–Crippen MR) is 89.8 cm³/mol. The molecule has 26 heavy (non-hydrogen) atoms. The molecule has 1 fully saturated rings. The third-order valence-corrected chi connectivity index (χ3v) is 5.40. The summed E-state index contributed by atoms with van der Waals surface area (Å²) < 4.78 is 18.1. The summed E-state index contributed by atoms with van der Waals surface area (Å²) >= 11 is 0. The standard InChI is InChI=1S/C20H14O6/c21-12-7-3-6-11-16(12)19(22,23)17-18(24-17)20(11)25-13-8-1-4-10-5-2-9-14(26-20)15(10)13/h1-9,17-18,21-23H/t17-,18+/m0/s1. The molecule has 3 aromatic carbocycles. The molecule has 0 aromatic heterocycles. The highest BCUT2D eigenvalue weighted by Crippen LogP contribution is 2.59. The van der Waals surface area contributed by atoms with Gasteiger partial charge in [0.15, 0.2) is 12.2 Å². The molecule has 2 heterocycles. The van der Waals surface area contributed by atoms with Crippen LogP contribution in [0.3, 0.4) is 0 Å². The van der Waals surface area contributed by atoms with E-state index in [0.29, 0.717) is 17.1 Å². The molecular formula is C20H14O6. The molecular weight excluding hydrogens is 336 g/mol. The largest absolute Gasteiger partial charge is 0.507 e. The van der Waals surface area contributed by atoms with Gasteiger partial charge in [-0.05, 0) is 23.6 Å². The zero-order valence-corrected chi connectivity index (χ0v) is 13.4. The Labute approximate surface area is 147 Å². The van der Waals surface area contributed by atoms with Gasteiger partial charge in [0.2, 0.25) is 5.79 Å². The van der Waals surface area contributed by atoms with Crippen LogP contribution in [0.15, 0.2) is 54.6 Å². The first kappa shape index (κ1) is 14.4. The van der Waals surface area contributed by atoms with E-state index in [4.69, 9.17) is 14.2 Å². The van der Waals surface area contributed by atoms with Crippen LogP contribution in [0.4, 0.5) is 0 Å². The van der Waals surface area contributed by atoms with Gasteiger partial charge < -0.3 is 29.5 Å². The number of rotatable bonds is 0. The summed E-state index contributed by atoms with van der Waals surface area (Å²) in [5.74, 6) is -2.71. The van der Waals surface area contributed by atoms with Crippen LogP contribution in [0.2, 0.25) is 0 Å². The number of phenolic OH excluding ortho intramolecular Hbond substituents is 1. The van der Waals surface area contributed by atoms with Crippen LogP contribution in [0.5, 0.6) is 17.2 Å². The van der Waals surface area contributed by atoms with Gasteiger partial charge in [0.25, 0.3) is 0 Å². The maximum absolute atomic E-state index is 10.5. The smallest absolute Gasteiger partial charge is 0.308 e. The van der Waals surface area contributed by atoms with E-state index in [2.05, 4.69) is 0 Å². The summed E-state index contributed by atoms with van der Waals surface area (Å²) in [6.07, 6.45) is -1.66. The van der Waals surface area contributed by atoms with E-state index in [-0.39, 0.29) is 11.3 Å². The fourth-order valence-corrected chi connectivity index (χ4v) is 4.24. The highest BCUT2D eigenvalue weighted by atomic mass is 16.8. The van der Waals surface area contributed by atoms with Crippen LogP contribution in [0.1, 0.15) is 11.1 Å². The van der Waals surface area contributed by atoms with E-state index in [0.717, 1.165) is 10.8 Å². The second kappa shape index (κ2) is 4.29. The quantitative estimate of drug-likeness (QED) is 0.425. The lowest BCUT2D eigenvalue weighted by molar-refractivity contribution is -0.205. The van der Waals surface area contributed by atoms with E-state index >= 15 is 0 Å². The maximum atomic E-state index is 10.5. The fourth-order valence-electron chi connectivity index (χ4n) is 4.24. The van der Waals surface area contributed by atoms with Crippen LogP contribution in [-0.2, 0) is 16.3 Å². The second-order valence-corrected chi connectivity index (χ2v) is 6.89. The van der Waals surface area contributed by atoms with Crippen LogP contribution < -0.4 is 9.47 Å². The van der Waals surface area contributed by atoms with E-state index in [1.54, 1.807) is 12.1 Å². The van der Waals surface area contributed by atoms with E-state index in [9.17, 15) is 15.3 Å². The first-order valence-corrected chi connectivity index (χ1v) is 8.35. The zero-order valence-electron chi connectivity index (χ0n) is 13.4. The summed E-state index contributed by atoms with van der Waals surface area (Å²) in [7, 11) is 0. The molecule has 0 bridgehead atoms. The molecule has 1 spiro atoms. The number of phenols is 1.